The van der Waals surface area contributed by atoms with Crippen LogP contribution in [0.15, 0.2) is 23.1 Å². The Labute approximate surface area is 162 Å². The molecule has 146 valence electrons. The quantitative estimate of drug-likeness (QED) is 0.536. The molecule has 5 N–H and O–H groups in total. The lowest BCUT2D eigenvalue weighted by atomic mass is 10.2. The molecule has 3 rings (SSSR count). The largest absolute Gasteiger partial charge is 0.392 e. The second-order valence-corrected chi connectivity index (χ2v) is 6.60. The smallest absolute Gasteiger partial charge is 0.268 e. The van der Waals surface area contributed by atoms with Gasteiger partial charge < -0.3 is 21.4 Å². The first-order chi connectivity index (χ1) is 13.5. The van der Waals surface area contributed by atoms with Gasteiger partial charge in [0.05, 0.1) is 12.3 Å². The summed E-state index contributed by atoms with van der Waals surface area (Å²) >= 11 is 0. The number of anilines is 2. The Morgan fingerprint density at radius 3 is 2.86 bits per heavy atom. The highest BCUT2D eigenvalue weighted by Crippen LogP contribution is 2.32. The molecule has 0 fully saturated rings. The van der Waals surface area contributed by atoms with E-state index in [-0.39, 0.29) is 17.1 Å². The van der Waals surface area contributed by atoms with E-state index in [1.807, 2.05) is 26.0 Å². The molecule has 9 heteroatoms. The van der Waals surface area contributed by atoms with Crippen molar-refractivity contribution in [1.82, 2.24) is 19.2 Å². The van der Waals surface area contributed by atoms with Crippen molar-refractivity contribution >= 4 is 23.0 Å². The van der Waals surface area contributed by atoms with Crippen LogP contribution in [0.4, 0.5) is 17.3 Å². The summed E-state index contributed by atoms with van der Waals surface area (Å²) in [6.07, 6.45) is 3.03. The van der Waals surface area contributed by atoms with E-state index in [1.165, 1.54) is 4.52 Å². The van der Waals surface area contributed by atoms with Crippen molar-refractivity contribution in [2.75, 3.05) is 24.1 Å². The predicted molar refractivity (Wildman–Crippen MR) is 110 cm³/mol. The Morgan fingerprint density at radius 2 is 2.14 bits per heavy atom. The first kappa shape index (κ1) is 19.4. The van der Waals surface area contributed by atoms with Crippen LogP contribution in [0.5, 0.6) is 0 Å². The number of hydrogen-bond acceptors (Lipinski definition) is 6. The first-order valence-corrected chi connectivity index (χ1v) is 9.13. The van der Waals surface area contributed by atoms with E-state index in [9.17, 15) is 4.79 Å². The van der Waals surface area contributed by atoms with E-state index in [2.05, 4.69) is 20.2 Å². The fourth-order valence-corrected chi connectivity index (χ4v) is 3.04. The summed E-state index contributed by atoms with van der Waals surface area (Å²) in [4.78, 5) is 20.6. The predicted octanol–water partition coefficient (Wildman–Crippen LogP) is 1.64. The Bertz CT molecular complexity index is 1110. The van der Waals surface area contributed by atoms with E-state index in [4.69, 9.17) is 18.0 Å². The number of pyridine rings is 1. The van der Waals surface area contributed by atoms with Crippen LogP contribution in [-0.2, 0) is 13.0 Å². The number of nitrogens with one attached hydrogen (secondary N) is 1. The summed E-state index contributed by atoms with van der Waals surface area (Å²) < 4.78 is 3.17. The standard InChI is InChI=1S/C19H24N8O/c1-12-13(2)25-27-16(21)15(22-3)17(24-18(12)27)23-9-7-14-6-4-10-26(19(14)28)11-5-8-20/h4,6,10H,5,7-9,11,20-21H2,1-2H3,(H,23,24). The molecular formula is C19H24N8O. The SMILES string of the molecule is [C-]#[N+]c1c(NCCc2cccn(CCCN)c2=O)nc2c(C)c(C)nn2c1N. The van der Waals surface area contributed by atoms with Gasteiger partial charge in [-0.25, -0.2) is 14.3 Å². The lowest BCUT2D eigenvalue weighted by molar-refractivity contribution is 0.624. The molecule has 28 heavy (non-hydrogen) atoms. The van der Waals surface area contributed by atoms with E-state index in [0.717, 1.165) is 17.7 Å². The third-order valence-corrected chi connectivity index (χ3v) is 4.74. The summed E-state index contributed by atoms with van der Waals surface area (Å²) in [5, 5.41) is 7.50. The van der Waals surface area contributed by atoms with Gasteiger partial charge in [-0.15, -0.1) is 0 Å². The molecule has 3 aromatic rings. The minimum Gasteiger partial charge on any atom is -0.392 e. The summed E-state index contributed by atoms with van der Waals surface area (Å²) in [6, 6.07) is 3.67. The van der Waals surface area contributed by atoms with Crippen LogP contribution in [0.2, 0.25) is 0 Å². The molecule has 9 nitrogen and oxygen atoms in total. The van der Waals surface area contributed by atoms with Crippen LogP contribution in [0, 0.1) is 20.4 Å². The fourth-order valence-electron chi connectivity index (χ4n) is 3.04. The van der Waals surface area contributed by atoms with Gasteiger partial charge in [0.25, 0.3) is 11.2 Å². The molecule has 3 heterocycles. The third kappa shape index (κ3) is 3.54. The van der Waals surface area contributed by atoms with Crippen molar-refractivity contribution in [2.45, 2.75) is 33.2 Å². The number of hydrogen-bond donors (Lipinski definition) is 3. The zero-order valence-corrected chi connectivity index (χ0v) is 16.1. The van der Waals surface area contributed by atoms with Crippen LogP contribution in [-0.4, -0.2) is 32.3 Å². The molecular weight excluding hydrogens is 356 g/mol. The normalized spacial score (nSPS) is 10.9. The topological polar surface area (TPSA) is 121 Å². The van der Waals surface area contributed by atoms with Crippen LogP contribution in [0.1, 0.15) is 23.2 Å². The van der Waals surface area contributed by atoms with Gasteiger partial charge in [-0.1, -0.05) is 6.07 Å². The minimum atomic E-state index is -0.0201. The Hall–Kier alpha value is -3.38. The second kappa shape index (κ2) is 8.10. The summed E-state index contributed by atoms with van der Waals surface area (Å²) in [6.45, 7) is 12.8. The number of aryl methyl sites for hydroxylation is 3. The summed E-state index contributed by atoms with van der Waals surface area (Å²) in [5.41, 5.74) is 14.9. The van der Waals surface area contributed by atoms with E-state index in [0.29, 0.717) is 43.1 Å². The third-order valence-electron chi connectivity index (χ3n) is 4.74. The Morgan fingerprint density at radius 1 is 1.36 bits per heavy atom. The van der Waals surface area contributed by atoms with E-state index < -0.39 is 0 Å². The molecule has 0 aliphatic rings. The zero-order chi connectivity index (χ0) is 20.3. The van der Waals surface area contributed by atoms with Crippen molar-refractivity contribution < 1.29 is 0 Å². The van der Waals surface area contributed by atoms with Crippen molar-refractivity contribution in [3.63, 3.8) is 0 Å². The fraction of sp³-hybridized carbons (Fsp3) is 0.368. The maximum atomic E-state index is 12.5. The van der Waals surface area contributed by atoms with Crippen molar-refractivity contribution in [3.05, 3.63) is 56.9 Å². The van der Waals surface area contributed by atoms with Gasteiger partial charge in [0, 0.05) is 30.4 Å². The first-order valence-electron chi connectivity index (χ1n) is 9.13. The van der Waals surface area contributed by atoms with Gasteiger partial charge in [-0.05, 0) is 39.3 Å². The van der Waals surface area contributed by atoms with Gasteiger partial charge >= 0.3 is 0 Å². The van der Waals surface area contributed by atoms with Gasteiger partial charge in [0.2, 0.25) is 0 Å². The molecule has 0 bridgehead atoms. The molecule has 0 amide bonds. The number of nitrogens with two attached hydrogens (primary N) is 2. The highest BCUT2D eigenvalue weighted by Gasteiger charge is 2.17. The minimum absolute atomic E-state index is 0.0201. The highest BCUT2D eigenvalue weighted by molar-refractivity contribution is 5.80. The highest BCUT2D eigenvalue weighted by atomic mass is 16.1. The second-order valence-electron chi connectivity index (χ2n) is 6.60. The number of aromatic nitrogens is 4. The molecule has 3 aromatic heterocycles. The molecule has 0 aliphatic carbocycles. The number of fused-ring (bicyclic) bond motifs is 1. The monoisotopic (exact) mass is 380 g/mol. The lowest BCUT2D eigenvalue weighted by Gasteiger charge is -2.11. The Kier molecular flexibility index (Phi) is 5.61. The maximum Gasteiger partial charge on any atom is 0.268 e. The number of nitrogens with zero attached hydrogens (tertiary/aromatic N) is 5. The van der Waals surface area contributed by atoms with E-state index >= 15 is 0 Å². The van der Waals surface area contributed by atoms with Crippen molar-refractivity contribution in [1.29, 1.82) is 0 Å². The molecule has 0 aromatic carbocycles. The Balaban J connectivity index is 1.82. The van der Waals surface area contributed by atoms with E-state index in [1.54, 1.807) is 10.8 Å². The summed E-state index contributed by atoms with van der Waals surface area (Å²) in [7, 11) is 0. The number of nitrogen functional groups attached to an aromatic ring is 1. The van der Waals surface area contributed by atoms with Gasteiger partial charge in [-0.2, -0.15) is 5.10 Å². The summed E-state index contributed by atoms with van der Waals surface area (Å²) in [5.74, 6) is 0.657. The van der Waals surface area contributed by atoms with Gasteiger partial charge in [0.15, 0.2) is 5.65 Å². The molecule has 0 radical (unpaired) electrons. The molecule has 0 unspecified atom stereocenters. The molecule has 0 saturated heterocycles. The van der Waals surface area contributed by atoms with Crippen LogP contribution >= 0.6 is 0 Å². The molecule has 0 aliphatic heterocycles. The van der Waals surface area contributed by atoms with Crippen LogP contribution in [0.25, 0.3) is 10.5 Å². The average Bonchev–Trinajstić information content (AvgIpc) is 2.97. The van der Waals surface area contributed by atoms with Crippen molar-refractivity contribution in [3.8, 4) is 0 Å². The van der Waals surface area contributed by atoms with Gasteiger partial charge in [0.1, 0.15) is 11.6 Å². The van der Waals surface area contributed by atoms with Gasteiger partial charge in [-0.3, -0.25) is 4.79 Å². The molecule has 0 saturated carbocycles. The average molecular weight is 380 g/mol. The number of rotatable bonds is 7. The maximum absolute atomic E-state index is 12.5. The van der Waals surface area contributed by atoms with Crippen LogP contribution in [0.3, 0.4) is 0 Å². The lowest BCUT2D eigenvalue weighted by Crippen LogP contribution is -2.25. The molecule has 0 atom stereocenters. The van der Waals surface area contributed by atoms with Crippen LogP contribution < -0.4 is 22.3 Å². The van der Waals surface area contributed by atoms with Crippen molar-refractivity contribution in [2.24, 2.45) is 5.73 Å². The zero-order valence-electron chi connectivity index (χ0n) is 16.1. The molecule has 0 spiro atoms.